The molecule has 2 aromatic rings. The van der Waals surface area contributed by atoms with Crippen LogP contribution in [0.5, 0.6) is 0 Å². The summed E-state index contributed by atoms with van der Waals surface area (Å²) in [5.74, 6) is 0.930. The molecule has 0 unspecified atom stereocenters. The summed E-state index contributed by atoms with van der Waals surface area (Å²) in [5.41, 5.74) is 2.25. The molecule has 0 spiro atoms. The van der Waals surface area contributed by atoms with Crippen molar-refractivity contribution in [1.82, 2.24) is 20.6 Å². The summed E-state index contributed by atoms with van der Waals surface area (Å²) < 4.78 is 0. The van der Waals surface area contributed by atoms with Gasteiger partial charge in [0.15, 0.2) is 5.96 Å². The summed E-state index contributed by atoms with van der Waals surface area (Å²) in [6.07, 6.45) is 5.93. The van der Waals surface area contributed by atoms with Gasteiger partial charge in [-0.25, -0.2) is 4.98 Å². The smallest absolute Gasteiger partial charge is 0.191 e. The molecule has 0 radical (unpaired) electrons. The average Bonchev–Trinajstić information content (AvgIpc) is 2.84. The Labute approximate surface area is 129 Å². The maximum Gasteiger partial charge on any atom is 0.191 e. The van der Waals surface area contributed by atoms with Gasteiger partial charge in [0.25, 0.3) is 0 Å². The van der Waals surface area contributed by atoms with Gasteiger partial charge in [-0.05, 0) is 30.5 Å². The molecule has 0 aromatic carbocycles. The Bertz CT molecular complexity index is 563. The molecule has 5 nitrogen and oxygen atoms in total. The lowest BCUT2D eigenvalue weighted by atomic mass is 10.1. The molecule has 0 amide bonds. The summed E-state index contributed by atoms with van der Waals surface area (Å²) in [5, 5.41) is 7.79. The Balaban J connectivity index is 0.00000133. The molecule has 3 rings (SSSR count). The van der Waals surface area contributed by atoms with Crippen LogP contribution in [-0.4, -0.2) is 35.6 Å². The van der Waals surface area contributed by atoms with Crippen molar-refractivity contribution >= 4 is 41.0 Å². The van der Waals surface area contributed by atoms with Crippen molar-refractivity contribution in [2.75, 3.05) is 19.6 Å². The van der Waals surface area contributed by atoms with Gasteiger partial charge >= 0.3 is 0 Å². The normalized spacial score (nSPS) is 14.4. The minimum atomic E-state index is 0. The van der Waals surface area contributed by atoms with Crippen LogP contribution in [-0.2, 0) is 6.42 Å². The van der Waals surface area contributed by atoms with Crippen molar-refractivity contribution in [2.45, 2.75) is 12.8 Å². The molecule has 3 heterocycles. The topological polar surface area (TPSA) is 65.1 Å². The van der Waals surface area contributed by atoms with Crippen LogP contribution in [0.4, 0.5) is 0 Å². The first kappa shape index (κ1) is 14.1. The Morgan fingerprint density at radius 1 is 1.37 bits per heavy atom. The minimum Gasteiger partial charge on any atom is -0.356 e. The predicted molar refractivity (Wildman–Crippen MR) is 88.1 cm³/mol. The number of nitrogens with one attached hydrogen (secondary N) is 3. The Morgan fingerprint density at radius 2 is 2.32 bits per heavy atom. The van der Waals surface area contributed by atoms with Crippen LogP contribution in [0.25, 0.3) is 11.0 Å². The Hall–Kier alpha value is -1.31. The van der Waals surface area contributed by atoms with Crippen LogP contribution in [0.2, 0.25) is 0 Å². The lowest BCUT2D eigenvalue weighted by Crippen LogP contribution is -2.41. The molecule has 1 aliphatic rings. The maximum absolute atomic E-state index is 4.38. The van der Waals surface area contributed by atoms with E-state index in [-0.39, 0.29) is 24.0 Å². The van der Waals surface area contributed by atoms with Crippen LogP contribution < -0.4 is 10.6 Å². The molecule has 0 saturated carbocycles. The van der Waals surface area contributed by atoms with E-state index in [9.17, 15) is 0 Å². The molecule has 6 heteroatoms. The third-order valence-corrected chi connectivity index (χ3v) is 3.12. The van der Waals surface area contributed by atoms with Crippen molar-refractivity contribution in [1.29, 1.82) is 0 Å². The van der Waals surface area contributed by atoms with Gasteiger partial charge in [-0.1, -0.05) is 0 Å². The lowest BCUT2D eigenvalue weighted by Gasteiger charge is -2.15. The monoisotopic (exact) mass is 371 g/mol. The summed E-state index contributed by atoms with van der Waals surface area (Å²) in [7, 11) is 0. The van der Waals surface area contributed by atoms with E-state index >= 15 is 0 Å². The zero-order valence-corrected chi connectivity index (χ0v) is 13.0. The number of aliphatic imine (C=N–C) groups is 1. The van der Waals surface area contributed by atoms with Crippen LogP contribution in [0.3, 0.4) is 0 Å². The molecule has 2 aromatic heterocycles. The molecular weight excluding hydrogens is 353 g/mol. The fourth-order valence-electron chi connectivity index (χ4n) is 2.19. The highest BCUT2D eigenvalue weighted by Gasteiger charge is 2.05. The summed E-state index contributed by atoms with van der Waals surface area (Å²) in [6.45, 7) is 2.82. The molecule has 0 atom stereocenters. The van der Waals surface area contributed by atoms with Gasteiger partial charge in [0.05, 0.1) is 0 Å². The maximum atomic E-state index is 4.38. The number of hydrogen-bond donors (Lipinski definition) is 3. The second-order valence-electron chi connectivity index (χ2n) is 4.40. The molecule has 19 heavy (non-hydrogen) atoms. The average molecular weight is 371 g/mol. The molecule has 1 aliphatic heterocycles. The second kappa shape index (κ2) is 6.74. The SMILES string of the molecule is I.c1cnc2[nH]cc(CCNC3=NCCCN3)c2c1. The highest BCUT2D eigenvalue weighted by atomic mass is 127. The van der Waals surface area contributed by atoms with E-state index in [0.717, 1.165) is 44.1 Å². The first-order valence-electron chi connectivity index (χ1n) is 6.36. The summed E-state index contributed by atoms with van der Waals surface area (Å²) >= 11 is 0. The van der Waals surface area contributed by atoms with Gasteiger partial charge < -0.3 is 15.6 Å². The van der Waals surface area contributed by atoms with Gasteiger partial charge in [-0.3, -0.25) is 4.99 Å². The van der Waals surface area contributed by atoms with Crippen molar-refractivity contribution < 1.29 is 0 Å². The quantitative estimate of drug-likeness (QED) is 0.720. The second-order valence-corrected chi connectivity index (χ2v) is 4.40. The van der Waals surface area contributed by atoms with E-state index in [1.165, 1.54) is 10.9 Å². The predicted octanol–water partition coefficient (Wildman–Crippen LogP) is 1.66. The van der Waals surface area contributed by atoms with Crippen molar-refractivity contribution in [3.05, 3.63) is 30.1 Å². The molecule has 3 N–H and O–H groups in total. The molecule has 0 saturated heterocycles. The Kier molecular flexibility index (Phi) is 5.00. The van der Waals surface area contributed by atoms with Gasteiger partial charge in [0.1, 0.15) is 5.65 Å². The van der Waals surface area contributed by atoms with E-state index in [2.05, 4.69) is 31.7 Å². The number of guanidine groups is 1. The van der Waals surface area contributed by atoms with Crippen LogP contribution in [0.15, 0.2) is 29.5 Å². The number of pyridine rings is 1. The fraction of sp³-hybridized carbons (Fsp3) is 0.385. The van der Waals surface area contributed by atoms with Gasteiger partial charge in [-0.2, -0.15) is 0 Å². The number of aromatic amines is 1. The summed E-state index contributed by atoms with van der Waals surface area (Å²) in [6, 6.07) is 4.07. The highest BCUT2D eigenvalue weighted by molar-refractivity contribution is 14.0. The number of aromatic nitrogens is 2. The third-order valence-electron chi connectivity index (χ3n) is 3.12. The number of halogens is 1. The number of hydrogen-bond acceptors (Lipinski definition) is 4. The van der Waals surface area contributed by atoms with E-state index < -0.39 is 0 Å². The van der Waals surface area contributed by atoms with E-state index in [0.29, 0.717) is 0 Å². The van der Waals surface area contributed by atoms with Gasteiger partial charge in [-0.15, -0.1) is 24.0 Å². The number of rotatable bonds is 3. The molecule has 0 fully saturated rings. The zero-order chi connectivity index (χ0) is 12.2. The molecule has 0 bridgehead atoms. The lowest BCUT2D eigenvalue weighted by molar-refractivity contribution is 0.700. The number of nitrogens with zero attached hydrogens (tertiary/aromatic N) is 2. The van der Waals surface area contributed by atoms with Crippen LogP contribution in [0.1, 0.15) is 12.0 Å². The van der Waals surface area contributed by atoms with Crippen molar-refractivity contribution in [2.24, 2.45) is 4.99 Å². The molecule has 0 aliphatic carbocycles. The largest absolute Gasteiger partial charge is 0.356 e. The van der Waals surface area contributed by atoms with Gasteiger partial charge in [0, 0.05) is 37.4 Å². The van der Waals surface area contributed by atoms with Crippen LogP contribution in [0, 0.1) is 0 Å². The van der Waals surface area contributed by atoms with Crippen LogP contribution >= 0.6 is 24.0 Å². The fourth-order valence-corrected chi connectivity index (χ4v) is 2.19. The standard InChI is InChI=1S/C13H17N5.HI/c1-3-11-10(9-18-12(11)14-5-1)4-8-17-13-15-6-2-7-16-13;/h1,3,5,9H,2,4,6-8H2,(H,14,18)(H2,15,16,17);1H. The third kappa shape index (κ3) is 3.37. The van der Waals surface area contributed by atoms with Crippen molar-refractivity contribution in [3.63, 3.8) is 0 Å². The zero-order valence-electron chi connectivity index (χ0n) is 10.6. The van der Waals surface area contributed by atoms with Crippen molar-refractivity contribution in [3.8, 4) is 0 Å². The highest BCUT2D eigenvalue weighted by Crippen LogP contribution is 2.15. The minimum absolute atomic E-state index is 0. The van der Waals surface area contributed by atoms with E-state index in [1.54, 1.807) is 0 Å². The first-order valence-corrected chi connectivity index (χ1v) is 6.36. The first-order chi connectivity index (χ1) is 8.93. The van der Waals surface area contributed by atoms with E-state index in [1.807, 2.05) is 18.5 Å². The van der Waals surface area contributed by atoms with Gasteiger partial charge in [0.2, 0.25) is 0 Å². The Morgan fingerprint density at radius 3 is 3.16 bits per heavy atom. The summed E-state index contributed by atoms with van der Waals surface area (Å²) in [4.78, 5) is 11.9. The number of fused-ring (bicyclic) bond motifs is 1. The number of H-pyrrole nitrogens is 1. The molecule has 102 valence electrons. The molecular formula is C13H18IN5. The van der Waals surface area contributed by atoms with E-state index in [4.69, 9.17) is 0 Å².